The molecule has 2 rings (SSSR count). The van der Waals surface area contributed by atoms with Crippen molar-refractivity contribution in [1.29, 1.82) is 5.41 Å². The maximum absolute atomic E-state index is 7.25. The van der Waals surface area contributed by atoms with E-state index < -0.39 is 0 Å². The largest absolute Gasteiger partial charge is 0.490 e. The highest BCUT2D eigenvalue weighted by atomic mass is 31.0. The van der Waals surface area contributed by atoms with E-state index in [0.717, 1.165) is 24.3 Å². The third kappa shape index (κ3) is 3.40. The van der Waals surface area contributed by atoms with Crippen molar-refractivity contribution >= 4 is 20.8 Å². The Morgan fingerprint density at radius 2 is 2.25 bits per heavy atom. The quantitative estimate of drug-likeness (QED) is 0.647. The van der Waals surface area contributed by atoms with Gasteiger partial charge in [-0.05, 0) is 55.3 Å². The zero-order valence-electron chi connectivity index (χ0n) is 12.1. The van der Waals surface area contributed by atoms with Crippen LogP contribution in [0.25, 0.3) is 0 Å². The normalized spacial score (nSPS) is 22.6. The molecule has 1 aliphatic rings. The first-order chi connectivity index (χ1) is 9.65. The second-order valence-electron chi connectivity index (χ2n) is 5.25. The predicted octanol–water partition coefficient (Wildman–Crippen LogP) is 2.80. The summed E-state index contributed by atoms with van der Waals surface area (Å²) in [5, 5.41) is 11.6. The van der Waals surface area contributed by atoms with Crippen LogP contribution in [0.5, 0.6) is 5.75 Å². The lowest BCUT2D eigenvalue weighted by molar-refractivity contribution is 0.172. The van der Waals surface area contributed by atoms with E-state index in [4.69, 9.17) is 10.1 Å². The summed E-state index contributed by atoms with van der Waals surface area (Å²) >= 11 is 0. The van der Waals surface area contributed by atoms with Gasteiger partial charge >= 0.3 is 0 Å². The number of hydrogen-bond donors (Lipinski definition) is 2. The molecule has 0 radical (unpaired) electrons. The zero-order valence-corrected chi connectivity index (χ0v) is 13.3. The van der Waals surface area contributed by atoms with Gasteiger partial charge in [-0.15, -0.1) is 9.24 Å². The minimum absolute atomic E-state index is 0.195. The van der Waals surface area contributed by atoms with Crippen LogP contribution in [0.2, 0.25) is 0 Å². The van der Waals surface area contributed by atoms with Crippen molar-refractivity contribution in [2.24, 2.45) is 5.92 Å². The third-order valence-corrected chi connectivity index (χ3v) is 4.56. The average molecular weight is 290 g/mol. The molecule has 1 aromatic rings. The van der Waals surface area contributed by atoms with Gasteiger partial charge in [-0.2, -0.15) is 0 Å². The fraction of sp³-hybridized carbons (Fsp3) is 0.438. The van der Waals surface area contributed by atoms with Crippen molar-refractivity contribution in [3.05, 3.63) is 35.5 Å². The van der Waals surface area contributed by atoms with Gasteiger partial charge < -0.3 is 15.5 Å². The van der Waals surface area contributed by atoms with Crippen LogP contribution in [0.4, 0.5) is 0 Å². The number of allylic oxidation sites excluding steroid dienone is 1. The van der Waals surface area contributed by atoms with E-state index in [1.807, 2.05) is 19.2 Å². The van der Waals surface area contributed by atoms with Crippen LogP contribution in [-0.2, 0) is 0 Å². The highest BCUT2D eigenvalue weighted by Gasteiger charge is 2.31. The van der Waals surface area contributed by atoms with Crippen molar-refractivity contribution in [3.8, 4) is 5.75 Å². The third-order valence-electron chi connectivity index (χ3n) is 3.94. The van der Waals surface area contributed by atoms with Crippen molar-refractivity contribution in [2.75, 3.05) is 7.05 Å². The van der Waals surface area contributed by atoms with Crippen LogP contribution >= 0.6 is 9.24 Å². The molecule has 2 N–H and O–H groups in total. The molecule has 0 amide bonds. The Morgan fingerprint density at radius 1 is 1.45 bits per heavy atom. The topological polar surface area (TPSA) is 45.1 Å². The minimum atomic E-state index is 0.195. The van der Waals surface area contributed by atoms with Gasteiger partial charge in [0.2, 0.25) is 0 Å². The summed E-state index contributed by atoms with van der Waals surface area (Å²) in [6.45, 7) is 2.09. The molecule has 3 atom stereocenters. The molecule has 0 bridgehead atoms. The highest BCUT2D eigenvalue weighted by molar-refractivity contribution is 7.27. The monoisotopic (exact) mass is 290 g/mol. The van der Waals surface area contributed by atoms with Crippen molar-refractivity contribution < 1.29 is 4.74 Å². The number of ether oxygens (including phenoxy) is 1. The van der Waals surface area contributed by atoms with Gasteiger partial charge in [0.05, 0.1) is 0 Å². The molecule has 0 spiro atoms. The van der Waals surface area contributed by atoms with E-state index in [-0.39, 0.29) is 6.10 Å². The Kier molecular flexibility index (Phi) is 5.19. The van der Waals surface area contributed by atoms with Crippen LogP contribution in [-0.4, -0.2) is 19.4 Å². The second kappa shape index (κ2) is 6.90. The van der Waals surface area contributed by atoms with Gasteiger partial charge in [0.25, 0.3) is 0 Å². The van der Waals surface area contributed by atoms with Crippen molar-refractivity contribution in [2.45, 2.75) is 32.3 Å². The van der Waals surface area contributed by atoms with E-state index in [0.29, 0.717) is 5.92 Å². The molecule has 2 unspecified atom stereocenters. The first-order valence-electron chi connectivity index (χ1n) is 7.07. The van der Waals surface area contributed by atoms with Gasteiger partial charge in [-0.25, -0.2) is 0 Å². The molecule has 1 aliphatic carbocycles. The average Bonchev–Trinajstić information content (AvgIpc) is 2.88. The summed E-state index contributed by atoms with van der Waals surface area (Å²) in [6, 6.07) is 6.21. The van der Waals surface area contributed by atoms with Crippen LogP contribution < -0.4 is 15.4 Å². The molecule has 108 valence electrons. The zero-order chi connectivity index (χ0) is 14.5. The van der Waals surface area contributed by atoms with E-state index >= 15 is 0 Å². The minimum Gasteiger partial charge on any atom is -0.490 e. The lowest BCUT2D eigenvalue weighted by atomic mass is 10.0. The number of aryl methyl sites for hydroxylation is 1. The van der Waals surface area contributed by atoms with E-state index in [9.17, 15) is 0 Å². The summed E-state index contributed by atoms with van der Waals surface area (Å²) in [7, 11) is 4.66. The lowest BCUT2D eigenvalue weighted by Gasteiger charge is -2.24. The van der Waals surface area contributed by atoms with Gasteiger partial charge in [-0.3, -0.25) is 0 Å². The highest BCUT2D eigenvalue weighted by Crippen LogP contribution is 2.33. The van der Waals surface area contributed by atoms with Crippen LogP contribution in [0.15, 0.2) is 30.0 Å². The molecule has 0 heterocycles. The van der Waals surface area contributed by atoms with Gasteiger partial charge in [0.1, 0.15) is 11.9 Å². The Bertz CT molecular complexity index is 513. The van der Waals surface area contributed by atoms with E-state index in [2.05, 4.69) is 33.6 Å². The Labute approximate surface area is 123 Å². The lowest BCUT2D eigenvalue weighted by Crippen LogP contribution is -2.28. The molecule has 1 aromatic carbocycles. The van der Waals surface area contributed by atoms with E-state index in [1.165, 1.54) is 23.5 Å². The maximum Gasteiger partial charge on any atom is 0.120 e. The standard InChI is InChI=1S/C16H23N2OP/c1-11-6-7-12(10-16(11)20)19-15-5-3-4-13(15)14(18-2)8-9-17/h6-10,13,15,17-18H,3-5,20H2,1-2H3/b14-8-,17-9?/t13-,15?/m0/s1. The summed E-state index contributed by atoms with van der Waals surface area (Å²) in [6.07, 6.45) is 6.73. The van der Waals surface area contributed by atoms with E-state index in [1.54, 1.807) is 0 Å². The molecule has 4 heteroatoms. The van der Waals surface area contributed by atoms with Crippen LogP contribution in [0, 0.1) is 18.3 Å². The molecule has 0 aromatic heterocycles. The van der Waals surface area contributed by atoms with Gasteiger partial charge in [-0.1, -0.05) is 6.07 Å². The maximum atomic E-state index is 7.25. The predicted molar refractivity (Wildman–Crippen MR) is 88.2 cm³/mol. The Morgan fingerprint density at radius 3 is 2.90 bits per heavy atom. The SMILES string of the molecule is CN/C(=C\C=N)[C@@H]1CCCC1Oc1ccc(C)c(P)c1. The van der Waals surface area contributed by atoms with Gasteiger partial charge in [0.15, 0.2) is 0 Å². The number of nitrogens with one attached hydrogen (secondary N) is 2. The second-order valence-corrected chi connectivity index (χ2v) is 5.87. The first kappa shape index (κ1) is 15.1. The smallest absolute Gasteiger partial charge is 0.120 e. The summed E-state index contributed by atoms with van der Waals surface area (Å²) < 4.78 is 6.18. The Balaban J connectivity index is 2.13. The Hall–Kier alpha value is -1.34. The fourth-order valence-electron chi connectivity index (χ4n) is 2.77. The molecular formula is C16H23N2OP. The van der Waals surface area contributed by atoms with Gasteiger partial charge in [0, 0.05) is 24.9 Å². The molecule has 3 nitrogen and oxygen atoms in total. The number of hydrogen-bond acceptors (Lipinski definition) is 3. The molecule has 1 fully saturated rings. The van der Waals surface area contributed by atoms with Crippen LogP contribution in [0.3, 0.4) is 0 Å². The number of rotatable bonds is 5. The fourth-order valence-corrected chi connectivity index (χ4v) is 3.03. The molecule has 1 saturated carbocycles. The van der Waals surface area contributed by atoms with Crippen molar-refractivity contribution in [1.82, 2.24) is 5.32 Å². The van der Waals surface area contributed by atoms with Crippen LogP contribution in [0.1, 0.15) is 24.8 Å². The molecule has 0 saturated heterocycles. The molecular weight excluding hydrogens is 267 g/mol. The summed E-state index contributed by atoms with van der Waals surface area (Å²) in [5.74, 6) is 1.29. The number of benzene rings is 1. The molecule has 0 aliphatic heterocycles. The first-order valence-corrected chi connectivity index (χ1v) is 7.64. The van der Waals surface area contributed by atoms with Crippen molar-refractivity contribution in [3.63, 3.8) is 0 Å². The summed E-state index contributed by atoms with van der Waals surface area (Å²) in [5.41, 5.74) is 2.35. The molecule has 20 heavy (non-hydrogen) atoms. The summed E-state index contributed by atoms with van der Waals surface area (Å²) in [4.78, 5) is 0.